The van der Waals surface area contributed by atoms with E-state index in [1.165, 1.54) is 24.1 Å². The molecule has 1 heterocycles. The Kier molecular flexibility index (Phi) is 4.32. The third-order valence-electron chi connectivity index (χ3n) is 3.22. The highest BCUT2D eigenvalue weighted by molar-refractivity contribution is 7.11. The standard InChI is InChI=1S/C12H20N2OS/c1-10-13-8-12(16-10)9-14(6-3-7-15)11-4-2-5-11/h8,11,15H,2-7,9H2,1H3. The van der Waals surface area contributed by atoms with Crippen molar-refractivity contribution in [2.75, 3.05) is 13.2 Å². The molecule has 1 saturated carbocycles. The molecule has 0 spiro atoms. The van der Waals surface area contributed by atoms with E-state index < -0.39 is 0 Å². The molecule has 0 aliphatic heterocycles. The van der Waals surface area contributed by atoms with Crippen LogP contribution in [0.3, 0.4) is 0 Å². The van der Waals surface area contributed by atoms with Crippen molar-refractivity contribution in [3.05, 3.63) is 16.1 Å². The van der Waals surface area contributed by atoms with E-state index in [0.717, 1.165) is 30.6 Å². The number of aromatic nitrogens is 1. The molecule has 0 saturated heterocycles. The third-order valence-corrected chi connectivity index (χ3v) is 4.12. The van der Waals surface area contributed by atoms with Crippen molar-refractivity contribution in [2.45, 2.75) is 45.2 Å². The van der Waals surface area contributed by atoms with E-state index in [4.69, 9.17) is 5.11 Å². The van der Waals surface area contributed by atoms with Crippen molar-refractivity contribution in [3.8, 4) is 0 Å². The number of thiazole rings is 1. The van der Waals surface area contributed by atoms with Crippen LogP contribution in [0.1, 0.15) is 35.6 Å². The molecule has 1 aromatic rings. The number of nitrogens with zero attached hydrogens (tertiary/aromatic N) is 2. The van der Waals surface area contributed by atoms with Crippen LogP contribution in [0.5, 0.6) is 0 Å². The number of rotatable bonds is 6. The summed E-state index contributed by atoms with van der Waals surface area (Å²) in [4.78, 5) is 8.15. The summed E-state index contributed by atoms with van der Waals surface area (Å²) >= 11 is 1.79. The summed E-state index contributed by atoms with van der Waals surface area (Å²) in [5, 5.41) is 10.1. The largest absolute Gasteiger partial charge is 0.396 e. The molecule has 0 aromatic carbocycles. The summed E-state index contributed by atoms with van der Waals surface area (Å²) < 4.78 is 0. The second-order valence-electron chi connectivity index (χ2n) is 4.48. The molecule has 90 valence electrons. The SMILES string of the molecule is Cc1ncc(CN(CCCO)C2CCC2)s1. The van der Waals surface area contributed by atoms with Crippen LogP contribution in [0.25, 0.3) is 0 Å². The highest BCUT2D eigenvalue weighted by Gasteiger charge is 2.24. The van der Waals surface area contributed by atoms with Crippen molar-refractivity contribution in [1.82, 2.24) is 9.88 Å². The molecule has 0 radical (unpaired) electrons. The van der Waals surface area contributed by atoms with Crippen molar-refractivity contribution >= 4 is 11.3 Å². The van der Waals surface area contributed by atoms with Gasteiger partial charge in [0.05, 0.1) is 5.01 Å². The maximum Gasteiger partial charge on any atom is 0.0897 e. The van der Waals surface area contributed by atoms with Crippen LogP contribution in [0, 0.1) is 6.92 Å². The first-order chi connectivity index (χ1) is 7.79. The second kappa shape index (κ2) is 5.75. The van der Waals surface area contributed by atoms with Crippen LogP contribution >= 0.6 is 11.3 Å². The van der Waals surface area contributed by atoms with Crippen LogP contribution in [-0.2, 0) is 6.54 Å². The van der Waals surface area contributed by atoms with Crippen LogP contribution in [0.2, 0.25) is 0 Å². The Morgan fingerprint density at radius 2 is 2.38 bits per heavy atom. The zero-order valence-electron chi connectivity index (χ0n) is 9.85. The Bertz CT molecular complexity index is 323. The lowest BCUT2D eigenvalue weighted by Crippen LogP contribution is -2.40. The first-order valence-electron chi connectivity index (χ1n) is 6.06. The summed E-state index contributed by atoms with van der Waals surface area (Å²) in [6.07, 6.45) is 6.88. The Labute approximate surface area is 101 Å². The molecule has 0 atom stereocenters. The molecule has 2 rings (SSSR count). The zero-order chi connectivity index (χ0) is 11.4. The Balaban J connectivity index is 1.90. The molecule has 4 heteroatoms. The van der Waals surface area contributed by atoms with Gasteiger partial charge in [0, 0.05) is 36.8 Å². The Morgan fingerprint density at radius 3 is 2.88 bits per heavy atom. The number of hydrogen-bond donors (Lipinski definition) is 1. The number of aliphatic hydroxyl groups is 1. The summed E-state index contributed by atoms with van der Waals surface area (Å²) in [5.74, 6) is 0. The molecule has 3 nitrogen and oxygen atoms in total. The molecule has 0 unspecified atom stereocenters. The topological polar surface area (TPSA) is 36.4 Å². The molecular weight excluding hydrogens is 220 g/mol. The lowest BCUT2D eigenvalue weighted by atomic mass is 9.91. The summed E-state index contributed by atoms with van der Waals surface area (Å²) in [6, 6.07) is 0.744. The lowest BCUT2D eigenvalue weighted by Gasteiger charge is -2.37. The number of aryl methyl sites for hydroxylation is 1. The zero-order valence-corrected chi connectivity index (χ0v) is 10.7. The summed E-state index contributed by atoms with van der Waals surface area (Å²) in [5.41, 5.74) is 0. The Hall–Kier alpha value is -0.450. The normalized spacial score (nSPS) is 16.7. The van der Waals surface area contributed by atoms with Crippen LogP contribution in [0.15, 0.2) is 6.20 Å². The van der Waals surface area contributed by atoms with E-state index in [2.05, 4.69) is 16.8 Å². The van der Waals surface area contributed by atoms with E-state index in [1.54, 1.807) is 11.3 Å². The molecule has 1 fully saturated rings. The van der Waals surface area contributed by atoms with E-state index in [9.17, 15) is 0 Å². The molecule has 1 aliphatic rings. The maximum atomic E-state index is 8.92. The summed E-state index contributed by atoms with van der Waals surface area (Å²) in [7, 11) is 0. The maximum absolute atomic E-state index is 8.92. The van der Waals surface area contributed by atoms with Gasteiger partial charge in [-0.1, -0.05) is 6.42 Å². The van der Waals surface area contributed by atoms with Crippen LogP contribution in [0.4, 0.5) is 0 Å². The lowest BCUT2D eigenvalue weighted by molar-refractivity contribution is 0.110. The van der Waals surface area contributed by atoms with Gasteiger partial charge < -0.3 is 5.11 Å². The number of hydrogen-bond acceptors (Lipinski definition) is 4. The van der Waals surface area contributed by atoms with Crippen molar-refractivity contribution in [2.24, 2.45) is 0 Å². The van der Waals surface area contributed by atoms with Gasteiger partial charge in [0.25, 0.3) is 0 Å². The molecule has 0 bridgehead atoms. The molecule has 1 aliphatic carbocycles. The minimum atomic E-state index is 0.297. The van der Waals surface area contributed by atoms with Crippen LogP contribution in [-0.4, -0.2) is 34.2 Å². The predicted octanol–water partition coefficient (Wildman–Crippen LogP) is 2.19. The van der Waals surface area contributed by atoms with Gasteiger partial charge in [0.2, 0.25) is 0 Å². The number of aliphatic hydroxyl groups excluding tert-OH is 1. The first-order valence-corrected chi connectivity index (χ1v) is 6.87. The predicted molar refractivity (Wildman–Crippen MR) is 66.6 cm³/mol. The molecule has 0 amide bonds. The van der Waals surface area contributed by atoms with E-state index in [1.807, 2.05) is 6.20 Å². The van der Waals surface area contributed by atoms with E-state index >= 15 is 0 Å². The molecule has 1 aromatic heterocycles. The quantitative estimate of drug-likeness (QED) is 0.828. The minimum Gasteiger partial charge on any atom is -0.396 e. The first kappa shape index (κ1) is 12.0. The molecular formula is C12H20N2OS. The smallest absolute Gasteiger partial charge is 0.0897 e. The average molecular weight is 240 g/mol. The van der Waals surface area contributed by atoms with E-state index in [0.29, 0.717) is 6.61 Å². The van der Waals surface area contributed by atoms with Crippen LogP contribution < -0.4 is 0 Å². The summed E-state index contributed by atoms with van der Waals surface area (Å²) in [6.45, 7) is 4.37. The fourth-order valence-corrected chi connectivity index (χ4v) is 2.92. The van der Waals surface area contributed by atoms with Gasteiger partial charge in [0.1, 0.15) is 0 Å². The molecule has 16 heavy (non-hydrogen) atoms. The second-order valence-corrected chi connectivity index (χ2v) is 5.80. The van der Waals surface area contributed by atoms with Crippen molar-refractivity contribution < 1.29 is 5.11 Å². The minimum absolute atomic E-state index is 0.297. The van der Waals surface area contributed by atoms with Crippen molar-refractivity contribution in [1.29, 1.82) is 0 Å². The third kappa shape index (κ3) is 3.03. The van der Waals surface area contributed by atoms with Gasteiger partial charge >= 0.3 is 0 Å². The van der Waals surface area contributed by atoms with Gasteiger partial charge in [-0.3, -0.25) is 4.90 Å². The Morgan fingerprint density at radius 1 is 1.56 bits per heavy atom. The van der Waals surface area contributed by atoms with Gasteiger partial charge in [-0.15, -0.1) is 11.3 Å². The van der Waals surface area contributed by atoms with Gasteiger partial charge in [-0.05, 0) is 26.2 Å². The monoisotopic (exact) mass is 240 g/mol. The van der Waals surface area contributed by atoms with Gasteiger partial charge in [-0.2, -0.15) is 0 Å². The van der Waals surface area contributed by atoms with Gasteiger partial charge in [-0.25, -0.2) is 4.98 Å². The van der Waals surface area contributed by atoms with Gasteiger partial charge in [0.15, 0.2) is 0 Å². The fourth-order valence-electron chi connectivity index (χ4n) is 2.09. The average Bonchev–Trinajstić information content (AvgIpc) is 2.58. The van der Waals surface area contributed by atoms with Crippen molar-refractivity contribution in [3.63, 3.8) is 0 Å². The van der Waals surface area contributed by atoms with E-state index in [-0.39, 0.29) is 0 Å². The highest BCUT2D eigenvalue weighted by Crippen LogP contribution is 2.27. The fraction of sp³-hybridized carbons (Fsp3) is 0.750. The highest BCUT2D eigenvalue weighted by atomic mass is 32.1. The molecule has 1 N–H and O–H groups in total.